The summed E-state index contributed by atoms with van der Waals surface area (Å²) in [4.78, 5) is 28.1. The maximum atomic E-state index is 13.0. The second-order valence-corrected chi connectivity index (χ2v) is 7.90. The van der Waals surface area contributed by atoms with E-state index in [2.05, 4.69) is 15.0 Å². The molecule has 1 aromatic carbocycles. The van der Waals surface area contributed by atoms with E-state index in [0.29, 0.717) is 0 Å². The fraction of sp³-hybridized carbons (Fsp3) is 0.211. The summed E-state index contributed by atoms with van der Waals surface area (Å²) in [6, 6.07) is 11.1. The molecule has 2 aromatic rings. The van der Waals surface area contributed by atoms with Crippen molar-refractivity contribution < 1.29 is 32.2 Å². The molecule has 0 unspecified atom stereocenters. The van der Waals surface area contributed by atoms with Crippen molar-refractivity contribution in [3.05, 3.63) is 59.9 Å². The van der Waals surface area contributed by atoms with E-state index in [0.717, 1.165) is 4.31 Å². The fourth-order valence-electron chi connectivity index (χ4n) is 2.75. The molecule has 1 aliphatic rings. The lowest BCUT2D eigenvalue weighted by atomic mass is 10.1. The van der Waals surface area contributed by atoms with Crippen molar-refractivity contribution in [2.45, 2.75) is 4.90 Å². The van der Waals surface area contributed by atoms with Gasteiger partial charge < -0.3 is 19.5 Å². The second kappa shape index (κ2) is 8.82. The Balaban J connectivity index is 1.99. The Morgan fingerprint density at radius 3 is 2.53 bits per heavy atom. The van der Waals surface area contributed by atoms with Crippen LogP contribution >= 0.6 is 0 Å². The normalized spacial score (nSPS) is 14.5. The van der Waals surface area contributed by atoms with Crippen molar-refractivity contribution in [2.24, 2.45) is 0 Å². The molecule has 158 valence electrons. The molecule has 0 saturated heterocycles. The standard InChI is InChI=1S/C19H19N3O7S/c1-22-16(18(23)21-15-9-5-6-10-20-15)17(28-11-12-29-19(24)27-2)13-7-3-4-8-14(13)30(22,25)26/h3-10H,11-12H2,1-2H3,(H,20,21,23). The molecule has 3 rings (SSSR count). The summed E-state index contributed by atoms with van der Waals surface area (Å²) >= 11 is 0. The molecule has 2 heterocycles. The number of amides is 1. The summed E-state index contributed by atoms with van der Waals surface area (Å²) in [6.07, 6.45) is 0.603. The SMILES string of the molecule is COC(=O)OCCOC1=C(C(=O)Nc2ccccn2)N(C)S(=O)(=O)c2ccccc21. The molecule has 0 aliphatic carbocycles. The number of pyridine rings is 1. The van der Waals surface area contributed by atoms with E-state index in [1.807, 2.05) is 0 Å². The lowest BCUT2D eigenvalue weighted by molar-refractivity contribution is -0.113. The number of anilines is 1. The van der Waals surface area contributed by atoms with Gasteiger partial charge in [0.25, 0.3) is 15.9 Å². The molecular formula is C19H19N3O7S. The van der Waals surface area contributed by atoms with Crippen LogP contribution in [0.15, 0.2) is 59.3 Å². The molecule has 1 amide bonds. The Kier molecular flexibility index (Phi) is 6.21. The first-order valence-corrected chi connectivity index (χ1v) is 10.2. The van der Waals surface area contributed by atoms with E-state index in [1.54, 1.807) is 30.3 Å². The maximum absolute atomic E-state index is 13.0. The molecular weight excluding hydrogens is 414 g/mol. The minimum absolute atomic E-state index is 0.00854. The number of nitrogens with one attached hydrogen (secondary N) is 1. The molecule has 10 nitrogen and oxygen atoms in total. The van der Waals surface area contributed by atoms with Crippen molar-refractivity contribution >= 4 is 33.7 Å². The number of fused-ring (bicyclic) bond motifs is 1. The number of rotatable bonds is 6. The number of ether oxygens (including phenoxy) is 3. The minimum atomic E-state index is -3.98. The Bertz CT molecular complexity index is 1080. The van der Waals surface area contributed by atoms with Gasteiger partial charge in [0.2, 0.25) is 0 Å². The molecule has 0 spiro atoms. The van der Waals surface area contributed by atoms with E-state index in [1.165, 1.54) is 32.5 Å². The van der Waals surface area contributed by atoms with Gasteiger partial charge in [0.05, 0.1) is 12.0 Å². The molecule has 0 radical (unpaired) electrons. The highest BCUT2D eigenvalue weighted by Gasteiger charge is 2.38. The first kappa shape index (κ1) is 21.1. The van der Waals surface area contributed by atoms with E-state index < -0.39 is 22.1 Å². The first-order chi connectivity index (χ1) is 14.4. The van der Waals surface area contributed by atoms with Crippen LogP contribution in [0.4, 0.5) is 10.6 Å². The van der Waals surface area contributed by atoms with Gasteiger partial charge in [-0.1, -0.05) is 18.2 Å². The number of methoxy groups -OCH3 is 1. The van der Waals surface area contributed by atoms with E-state index in [-0.39, 0.29) is 40.9 Å². The van der Waals surface area contributed by atoms with Crippen LogP contribution in [0, 0.1) is 0 Å². The monoisotopic (exact) mass is 433 g/mol. The summed E-state index contributed by atoms with van der Waals surface area (Å²) in [5.74, 6) is -0.448. The van der Waals surface area contributed by atoms with Gasteiger partial charge in [0.15, 0.2) is 11.5 Å². The van der Waals surface area contributed by atoms with Crippen molar-refractivity contribution in [2.75, 3.05) is 32.7 Å². The Hall–Kier alpha value is -3.60. The molecule has 0 atom stereocenters. The number of carbonyl (C=O) groups is 2. The fourth-order valence-corrected chi connectivity index (χ4v) is 4.14. The van der Waals surface area contributed by atoms with Crippen molar-refractivity contribution in [3.8, 4) is 0 Å². The quantitative estimate of drug-likeness (QED) is 0.540. The average Bonchev–Trinajstić information content (AvgIpc) is 2.75. The van der Waals surface area contributed by atoms with E-state index in [9.17, 15) is 18.0 Å². The van der Waals surface area contributed by atoms with Crippen LogP contribution in [-0.2, 0) is 29.0 Å². The van der Waals surface area contributed by atoms with Gasteiger partial charge in [-0.25, -0.2) is 18.2 Å². The number of sulfonamides is 1. The minimum Gasteiger partial charge on any atom is -0.487 e. The summed E-state index contributed by atoms with van der Waals surface area (Å²) in [5.41, 5.74) is -0.00254. The largest absolute Gasteiger partial charge is 0.508 e. The second-order valence-electron chi connectivity index (χ2n) is 5.97. The summed E-state index contributed by atoms with van der Waals surface area (Å²) in [6.45, 7) is -0.295. The predicted octanol–water partition coefficient (Wildman–Crippen LogP) is 1.82. The molecule has 1 aromatic heterocycles. The number of hydrogen-bond acceptors (Lipinski definition) is 8. The third-order valence-corrected chi connectivity index (χ3v) is 5.95. The highest BCUT2D eigenvalue weighted by Crippen LogP contribution is 2.36. The molecule has 30 heavy (non-hydrogen) atoms. The molecule has 0 saturated carbocycles. The molecule has 11 heteroatoms. The summed E-state index contributed by atoms with van der Waals surface area (Å²) < 4.78 is 41.6. The number of hydrogen-bond donors (Lipinski definition) is 1. The van der Waals surface area contributed by atoms with Crippen LogP contribution in [0.5, 0.6) is 0 Å². The molecule has 1 aliphatic heterocycles. The van der Waals surface area contributed by atoms with Gasteiger partial charge >= 0.3 is 6.16 Å². The molecule has 1 N–H and O–H groups in total. The highest BCUT2D eigenvalue weighted by molar-refractivity contribution is 7.89. The van der Waals surface area contributed by atoms with Gasteiger partial charge in [-0.3, -0.25) is 9.10 Å². The summed E-state index contributed by atoms with van der Waals surface area (Å²) in [5, 5.41) is 2.56. The molecule has 0 fully saturated rings. The van der Waals surface area contributed by atoms with Gasteiger partial charge in [-0.15, -0.1) is 0 Å². The Morgan fingerprint density at radius 2 is 1.83 bits per heavy atom. The van der Waals surface area contributed by atoms with Crippen molar-refractivity contribution in [3.63, 3.8) is 0 Å². The molecule has 0 bridgehead atoms. The third-order valence-electron chi connectivity index (χ3n) is 4.14. The third kappa shape index (κ3) is 4.20. The Labute approximate surface area is 173 Å². The van der Waals surface area contributed by atoms with Crippen LogP contribution in [0.2, 0.25) is 0 Å². The number of carbonyl (C=O) groups excluding carboxylic acids is 2. The van der Waals surface area contributed by atoms with E-state index in [4.69, 9.17) is 9.47 Å². The number of nitrogens with zero attached hydrogens (tertiary/aromatic N) is 2. The Morgan fingerprint density at radius 1 is 1.10 bits per heavy atom. The number of likely N-dealkylation sites (N-methyl/N-ethyl adjacent to an activating group) is 1. The first-order valence-electron chi connectivity index (χ1n) is 8.74. The predicted molar refractivity (Wildman–Crippen MR) is 105 cm³/mol. The lowest BCUT2D eigenvalue weighted by Gasteiger charge is -2.30. The van der Waals surface area contributed by atoms with Gasteiger partial charge in [0.1, 0.15) is 19.0 Å². The van der Waals surface area contributed by atoms with E-state index >= 15 is 0 Å². The van der Waals surface area contributed by atoms with Crippen LogP contribution < -0.4 is 5.32 Å². The van der Waals surface area contributed by atoms with Crippen LogP contribution in [0.25, 0.3) is 5.76 Å². The highest BCUT2D eigenvalue weighted by atomic mass is 32.2. The van der Waals surface area contributed by atoms with Crippen LogP contribution in [0.1, 0.15) is 5.56 Å². The van der Waals surface area contributed by atoms with Gasteiger partial charge in [-0.2, -0.15) is 0 Å². The zero-order valence-electron chi connectivity index (χ0n) is 16.2. The van der Waals surface area contributed by atoms with Gasteiger partial charge in [-0.05, 0) is 24.3 Å². The average molecular weight is 433 g/mol. The number of aromatic nitrogens is 1. The smallest absolute Gasteiger partial charge is 0.487 e. The lowest BCUT2D eigenvalue weighted by Crippen LogP contribution is -2.37. The zero-order chi connectivity index (χ0) is 21.7. The van der Waals surface area contributed by atoms with Gasteiger partial charge in [0, 0.05) is 18.8 Å². The van der Waals surface area contributed by atoms with Crippen LogP contribution in [-0.4, -0.2) is 57.1 Å². The topological polar surface area (TPSA) is 124 Å². The van der Waals surface area contributed by atoms with Crippen molar-refractivity contribution in [1.29, 1.82) is 0 Å². The number of benzene rings is 1. The van der Waals surface area contributed by atoms with Crippen molar-refractivity contribution in [1.82, 2.24) is 9.29 Å². The van der Waals surface area contributed by atoms with Crippen LogP contribution in [0.3, 0.4) is 0 Å². The zero-order valence-corrected chi connectivity index (χ0v) is 17.0. The maximum Gasteiger partial charge on any atom is 0.508 e. The summed E-state index contributed by atoms with van der Waals surface area (Å²) in [7, 11) is -1.55.